The molecule has 2 heteroatoms. The highest BCUT2D eigenvalue weighted by Crippen LogP contribution is 2.30. The third-order valence-corrected chi connectivity index (χ3v) is 4.24. The molecule has 0 aromatic heterocycles. The van der Waals surface area contributed by atoms with E-state index in [1.54, 1.807) is 11.8 Å². The zero-order valence-electron chi connectivity index (χ0n) is 10.7. The number of hydrogen-bond donors (Lipinski definition) is 0. The lowest BCUT2D eigenvalue weighted by Crippen LogP contribution is -1.90. The van der Waals surface area contributed by atoms with Crippen LogP contribution >= 0.6 is 23.4 Å². The fourth-order valence-electron chi connectivity index (χ4n) is 1.98. The molecule has 0 nitrogen and oxygen atoms in total. The molecule has 2 aromatic rings. The van der Waals surface area contributed by atoms with Crippen LogP contribution in [0.3, 0.4) is 0 Å². The Kier molecular flexibility index (Phi) is 4.73. The lowest BCUT2D eigenvalue weighted by molar-refractivity contribution is 1.02. The quantitative estimate of drug-likeness (QED) is 0.699. The van der Waals surface area contributed by atoms with Crippen LogP contribution in [-0.4, -0.2) is 0 Å². The van der Waals surface area contributed by atoms with Crippen molar-refractivity contribution < 1.29 is 0 Å². The summed E-state index contributed by atoms with van der Waals surface area (Å²) in [5.74, 6) is 0. The largest absolute Gasteiger partial charge is 0.0901 e. The van der Waals surface area contributed by atoms with Gasteiger partial charge in [0.1, 0.15) is 0 Å². The average Bonchev–Trinajstić information content (AvgIpc) is 2.41. The van der Waals surface area contributed by atoms with Crippen LogP contribution in [-0.2, 0) is 12.8 Å². The molecule has 2 rings (SSSR count). The molecule has 94 valence electrons. The van der Waals surface area contributed by atoms with E-state index >= 15 is 0 Å². The minimum atomic E-state index is 0.787. The molecule has 0 aliphatic carbocycles. The zero-order chi connectivity index (χ0) is 13.0. The van der Waals surface area contributed by atoms with Gasteiger partial charge in [-0.05, 0) is 60.4 Å². The van der Waals surface area contributed by atoms with E-state index in [1.165, 1.54) is 20.9 Å². The van der Waals surface area contributed by atoms with E-state index in [1.807, 2.05) is 12.1 Å². The summed E-state index contributed by atoms with van der Waals surface area (Å²) in [6.45, 7) is 4.42. The summed E-state index contributed by atoms with van der Waals surface area (Å²) in [5.41, 5.74) is 2.91. The second kappa shape index (κ2) is 6.31. The lowest BCUT2D eigenvalue weighted by atomic mass is 10.0. The van der Waals surface area contributed by atoms with Crippen LogP contribution in [0.4, 0.5) is 0 Å². The van der Waals surface area contributed by atoms with Crippen molar-refractivity contribution in [3.8, 4) is 0 Å². The molecule has 0 atom stereocenters. The summed E-state index contributed by atoms with van der Waals surface area (Å²) in [5, 5.41) is 0.787. The van der Waals surface area contributed by atoms with Gasteiger partial charge in [0, 0.05) is 14.8 Å². The van der Waals surface area contributed by atoms with Crippen molar-refractivity contribution in [1.82, 2.24) is 0 Å². The van der Waals surface area contributed by atoms with Gasteiger partial charge in [-0.25, -0.2) is 0 Å². The molecule has 0 fully saturated rings. The van der Waals surface area contributed by atoms with E-state index in [-0.39, 0.29) is 0 Å². The normalized spacial score (nSPS) is 10.6. The Balaban J connectivity index is 2.21. The molecule has 0 N–H and O–H groups in total. The smallest absolute Gasteiger partial charge is 0.0406 e. The van der Waals surface area contributed by atoms with Crippen molar-refractivity contribution in [2.75, 3.05) is 0 Å². The molecule has 0 amide bonds. The zero-order valence-corrected chi connectivity index (χ0v) is 12.3. The van der Waals surface area contributed by atoms with Gasteiger partial charge in [-0.1, -0.05) is 43.3 Å². The van der Waals surface area contributed by atoms with E-state index in [0.717, 1.165) is 17.9 Å². The van der Waals surface area contributed by atoms with Crippen molar-refractivity contribution in [3.05, 3.63) is 58.6 Å². The van der Waals surface area contributed by atoms with Gasteiger partial charge in [0.2, 0.25) is 0 Å². The minimum absolute atomic E-state index is 0.787. The van der Waals surface area contributed by atoms with Gasteiger partial charge < -0.3 is 0 Å². The van der Waals surface area contributed by atoms with Crippen LogP contribution in [0.1, 0.15) is 25.0 Å². The van der Waals surface area contributed by atoms with Crippen LogP contribution in [0.25, 0.3) is 0 Å². The molecule has 0 unspecified atom stereocenters. The first-order valence-electron chi connectivity index (χ1n) is 6.28. The van der Waals surface area contributed by atoms with Gasteiger partial charge in [0.25, 0.3) is 0 Å². The molecule has 0 aliphatic rings. The van der Waals surface area contributed by atoms with Crippen LogP contribution in [0, 0.1) is 0 Å². The minimum Gasteiger partial charge on any atom is -0.0901 e. The van der Waals surface area contributed by atoms with E-state index < -0.39 is 0 Å². The highest BCUT2D eigenvalue weighted by molar-refractivity contribution is 7.99. The number of rotatable bonds is 4. The first kappa shape index (κ1) is 13.5. The van der Waals surface area contributed by atoms with Gasteiger partial charge in [-0.3, -0.25) is 0 Å². The Labute approximate surface area is 118 Å². The summed E-state index contributed by atoms with van der Waals surface area (Å²) in [4.78, 5) is 2.53. The molecule has 0 saturated carbocycles. The molecule has 0 bridgehead atoms. The topological polar surface area (TPSA) is 0 Å². The van der Waals surface area contributed by atoms with Gasteiger partial charge in [-0.2, -0.15) is 0 Å². The number of aryl methyl sites for hydroxylation is 2. The van der Waals surface area contributed by atoms with Gasteiger partial charge >= 0.3 is 0 Å². The highest BCUT2D eigenvalue weighted by atomic mass is 35.5. The van der Waals surface area contributed by atoms with E-state index in [2.05, 4.69) is 44.2 Å². The Bertz CT molecular complexity index is 517. The van der Waals surface area contributed by atoms with Crippen LogP contribution in [0.2, 0.25) is 5.02 Å². The maximum absolute atomic E-state index is 5.89. The average molecular weight is 277 g/mol. The second-order valence-corrected chi connectivity index (χ2v) is 5.78. The van der Waals surface area contributed by atoms with Crippen molar-refractivity contribution in [3.63, 3.8) is 0 Å². The molecule has 0 heterocycles. The van der Waals surface area contributed by atoms with Crippen molar-refractivity contribution in [2.24, 2.45) is 0 Å². The summed E-state index contributed by atoms with van der Waals surface area (Å²) in [6.07, 6.45) is 2.20. The monoisotopic (exact) mass is 276 g/mol. The molecule has 2 aromatic carbocycles. The second-order valence-electron chi connectivity index (χ2n) is 4.19. The summed E-state index contributed by atoms with van der Waals surface area (Å²) in [6, 6.07) is 14.8. The van der Waals surface area contributed by atoms with Crippen LogP contribution in [0.15, 0.2) is 52.3 Å². The Morgan fingerprint density at radius 2 is 1.44 bits per heavy atom. The standard InChI is InChI=1S/C16H17ClS/c1-3-12-5-8-16(11-13(12)4-2)18-15-9-6-14(17)7-10-15/h5-11H,3-4H2,1-2H3. The fraction of sp³-hybridized carbons (Fsp3) is 0.250. The lowest BCUT2D eigenvalue weighted by Gasteiger charge is -2.08. The maximum Gasteiger partial charge on any atom is 0.0406 e. The Morgan fingerprint density at radius 1 is 0.833 bits per heavy atom. The number of benzene rings is 2. The van der Waals surface area contributed by atoms with Gasteiger partial charge in [0.15, 0.2) is 0 Å². The summed E-state index contributed by atoms with van der Waals surface area (Å²) >= 11 is 7.68. The van der Waals surface area contributed by atoms with Gasteiger partial charge in [0.05, 0.1) is 0 Å². The Morgan fingerprint density at radius 3 is 2.06 bits per heavy atom. The fourth-order valence-corrected chi connectivity index (χ4v) is 2.99. The van der Waals surface area contributed by atoms with E-state index in [0.29, 0.717) is 0 Å². The number of hydrogen-bond acceptors (Lipinski definition) is 1. The highest BCUT2D eigenvalue weighted by Gasteiger charge is 2.02. The van der Waals surface area contributed by atoms with E-state index in [4.69, 9.17) is 11.6 Å². The van der Waals surface area contributed by atoms with Crippen molar-refractivity contribution >= 4 is 23.4 Å². The summed E-state index contributed by atoms with van der Waals surface area (Å²) in [7, 11) is 0. The van der Waals surface area contributed by atoms with Crippen LogP contribution in [0.5, 0.6) is 0 Å². The van der Waals surface area contributed by atoms with E-state index in [9.17, 15) is 0 Å². The predicted octanol–water partition coefficient (Wildman–Crippen LogP) is 5.62. The van der Waals surface area contributed by atoms with Crippen molar-refractivity contribution in [1.29, 1.82) is 0 Å². The molecule has 0 spiro atoms. The SMILES string of the molecule is CCc1ccc(Sc2ccc(Cl)cc2)cc1CC. The molecule has 18 heavy (non-hydrogen) atoms. The number of halogens is 1. The molecule has 0 saturated heterocycles. The van der Waals surface area contributed by atoms with Crippen molar-refractivity contribution in [2.45, 2.75) is 36.5 Å². The maximum atomic E-state index is 5.89. The predicted molar refractivity (Wildman–Crippen MR) is 80.8 cm³/mol. The first-order chi connectivity index (χ1) is 8.72. The molecule has 0 radical (unpaired) electrons. The first-order valence-corrected chi connectivity index (χ1v) is 7.47. The molecular formula is C16H17ClS. The third kappa shape index (κ3) is 3.30. The van der Waals surface area contributed by atoms with Crippen LogP contribution < -0.4 is 0 Å². The molecule has 0 aliphatic heterocycles. The van der Waals surface area contributed by atoms with Gasteiger partial charge in [-0.15, -0.1) is 0 Å². The third-order valence-electron chi connectivity index (χ3n) is 2.99. The molecular weight excluding hydrogens is 260 g/mol. The summed E-state index contributed by atoms with van der Waals surface area (Å²) < 4.78 is 0. The Hall–Kier alpha value is -0.920.